The van der Waals surface area contributed by atoms with E-state index < -0.39 is 0 Å². The summed E-state index contributed by atoms with van der Waals surface area (Å²) >= 11 is 0. The van der Waals surface area contributed by atoms with Crippen LogP contribution < -0.4 is 4.90 Å². The summed E-state index contributed by atoms with van der Waals surface area (Å²) in [6, 6.07) is 2.02. The Hall–Kier alpha value is -2.04. The molecule has 110 valence electrons. The lowest BCUT2D eigenvalue weighted by atomic mass is 9.94. The van der Waals surface area contributed by atoms with Gasteiger partial charge < -0.3 is 4.90 Å². The number of anilines is 1. The molecule has 0 radical (unpaired) electrons. The quantitative estimate of drug-likeness (QED) is 0.865. The van der Waals surface area contributed by atoms with Gasteiger partial charge in [-0.05, 0) is 38.7 Å². The predicted molar refractivity (Wildman–Crippen MR) is 82.2 cm³/mol. The summed E-state index contributed by atoms with van der Waals surface area (Å²) in [4.78, 5) is 20.0. The van der Waals surface area contributed by atoms with Crippen molar-refractivity contribution in [1.82, 2.24) is 19.9 Å². The summed E-state index contributed by atoms with van der Waals surface area (Å²) in [6.07, 6.45) is 8.67. The van der Waals surface area contributed by atoms with Crippen LogP contribution in [0.2, 0.25) is 0 Å². The van der Waals surface area contributed by atoms with Crippen LogP contribution in [0.5, 0.6) is 0 Å². The van der Waals surface area contributed by atoms with Crippen LogP contribution in [0.4, 0.5) is 5.82 Å². The second-order valence-corrected chi connectivity index (χ2v) is 5.79. The van der Waals surface area contributed by atoms with Gasteiger partial charge in [0, 0.05) is 43.3 Å². The standard InChI is InChI=1S/C16H21N5/c1-12-8-13(2)20-15(19-12)9-14-4-3-7-21(11-14)16-10-17-5-6-18-16/h5-6,8,10,14H,3-4,7,9,11H2,1-2H3. The SMILES string of the molecule is Cc1cc(C)nc(CC2CCCN(c3cnccn3)C2)n1. The number of aromatic nitrogens is 4. The van der Waals surface area contributed by atoms with Crippen LogP contribution in [0, 0.1) is 19.8 Å². The molecule has 0 saturated carbocycles. The average molecular weight is 283 g/mol. The molecule has 3 heterocycles. The third-order valence-electron chi connectivity index (χ3n) is 3.89. The zero-order valence-corrected chi connectivity index (χ0v) is 12.7. The van der Waals surface area contributed by atoms with Crippen molar-refractivity contribution in [2.75, 3.05) is 18.0 Å². The lowest BCUT2D eigenvalue weighted by Gasteiger charge is -2.33. The van der Waals surface area contributed by atoms with E-state index in [1.807, 2.05) is 26.1 Å². The minimum absolute atomic E-state index is 0.585. The van der Waals surface area contributed by atoms with Crippen LogP contribution >= 0.6 is 0 Å². The van der Waals surface area contributed by atoms with Crippen LogP contribution in [0.1, 0.15) is 30.1 Å². The Bertz CT molecular complexity index is 579. The van der Waals surface area contributed by atoms with Gasteiger partial charge in [-0.2, -0.15) is 0 Å². The van der Waals surface area contributed by atoms with Gasteiger partial charge in [-0.1, -0.05) is 0 Å². The van der Waals surface area contributed by atoms with Crippen molar-refractivity contribution in [1.29, 1.82) is 0 Å². The van der Waals surface area contributed by atoms with E-state index in [0.29, 0.717) is 5.92 Å². The van der Waals surface area contributed by atoms with Gasteiger partial charge in [0.15, 0.2) is 0 Å². The molecule has 1 saturated heterocycles. The first kappa shape index (κ1) is 13.9. The van der Waals surface area contributed by atoms with E-state index in [4.69, 9.17) is 0 Å². The fraction of sp³-hybridized carbons (Fsp3) is 0.500. The first-order valence-corrected chi connectivity index (χ1v) is 7.53. The number of aryl methyl sites for hydroxylation is 2. The van der Waals surface area contributed by atoms with E-state index >= 15 is 0 Å². The first-order chi connectivity index (χ1) is 10.2. The van der Waals surface area contributed by atoms with Crippen LogP contribution in [0.3, 0.4) is 0 Å². The van der Waals surface area contributed by atoms with E-state index in [2.05, 4.69) is 24.8 Å². The number of nitrogens with zero attached hydrogens (tertiary/aromatic N) is 5. The molecule has 1 aliphatic rings. The topological polar surface area (TPSA) is 54.8 Å². The highest BCUT2D eigenvalue weighted by Gasteiger charge is 2.22. The Morgan fingerprint density at radius 2 is 2.00 bits per heavy atom. The van der Waals surface area contributed by atoms with E-state index in [1.165, 1.54) is 12.8 Å². The molecule has 0 N–H and O–H groups in total. The Balaban J connectivity index is 1.69. The monoisotopic (exact) mass is 283 g/mol. The third kappa shape index (κ3) is 3.54. The van der Waals surface area contributed by atoms with Gasteiger partial charge in [0.2, 0.25) is 0 Å². The van der Waals surface area contributed by atoms with Crippen molar-refractivity contribution in [3.8, 4) is 0 Å². The van der Waals surface area contributed by atoms with Crippen molar-refractivity contribution >= 4 is 5.82 Å². The van der Waals surface area contributed by atoms with Gasteiger partial charge >= 0.3 is 0 Å². The molecule has 0 amide bonds. The molecule has 2 aromatic heterocycles. The molecular weight excluding hydrogens is 262 g/mol. The second kappa shape index (κ2) is 6.16. The van der Waals surface area contributed by atoms with Crippen LogP contribution in [0.25, 0.3) is 0 Å². The molecule has 2 aromatic rings. The molecule has 5 nitrogen and oxygen atoms in total. The van der Waals surface area contributed by atoms with Crippen molar-refractivity contribution in [2.45, 2.75) is 33.1 Å². The van der Waals surface area contributed by atoms with E-state index in [9.17, 15) is 0 Å². The summed E-state index contributed by atoms with van der Waals surface area (Å²) in [5.74, 6) is 2.53. The summed E-state index contributed by atoms with van der Waals surface area (Å²) in [5, 5.41) is 0. The minimum atomic E-state index is 0.585. The van der Waals surface area contributed by atoms with Crippen LogP contribution in [-0.2, 0) is 6.42 Å². The average Bonchev–Trinajstić information content (AvgIpc) is 2.47. The maximum Gasteiger partial charge on any atom is 0.147 e. The highest BCUT2D eigenvalue weighted by atomic mass is 15.2. The highest BCUT2D eigenvalue weighted by molar-refractivity contribution is 5.35. The maximum atomic E-state index is 4.57. The molecule has 3 rings (SSSR count). The van der Waals surface area contributed by atoms with E-state index in [1.54, 1.807) is 12.4 Å². The third-order valence-corrected chi connectivity index (χ3v) is 3.89. The molecule has 0 bridgehead atoms. The predicted octanol–water partition coefficient (Wildman–Crippen LogP) is 2.34. The smallest absolute Gasteiger partial charge is 0.147 e. The second-order valence-electron chi connectivity index (χ2n) is 5.79. The number of hydrogen-bond acceptors (Lipinski definition) is 5. The summed E-state index contributed by atoms with van der Waals surface area (Å²) in [7, 11) is 0. The molecule has 1 fully saturated rings. The molecule has 0 aromatic carbocycles. The number of hydrogen-bond donors (Lipinski definition) is 0. The first-order valence-electron chi connectivity index (χ1n) is 7.53. The Morgan fingerprint density at radius 3 is 2.71 bits per heavy atom. The molecule has 1 aliphatic heterocycles. The lowest BCUT2D eigenvalue weighted by molar-refractivity contribution is 0.404. The number of rotatable bonds is 3. The molecule has 1 atom stereocenters. The highest BCUT2D eigenvalue weighted by Crippen LogP contribution is 2.23. The van der Waals surface area contributed by atoms with E-state index in [0.717, 1.165) is 42.5 Å². The molecule has 1 unspecified atom stereocenters. The summed E-state index contributed by atoms with van der Waals surface area (Å²) < 4.78 is 0. The Labute approximate surface area is 125 Å². The van der Waals surface area contributed by atoms with Crippen molar-refractivity contribution in [3.63, 3.8) is 0 Å². The van der Waals surface area contributed by atoms with Gasteiger partial charge in [-0.3, -0.25) is 4.98 Å². The zero-order valence-electron chi connectivity index (χ0n) is 12.7. The van der Waals surface area contributed by atoms with Gasteiger partial charge in [-0.25, -0.2) is 15.0 Å². The molecule has 21 heavy (non-hydrogen) atoms. The molecule has 5 heteroatoms. The summed E-state index contributed by atoms with van der Waals surface area (Å²) in [5.41, 5.74) is 2.11. The lowest BCUT2D eigenvalue weighted by Crippen LogP contribution is -2.37. The van der Waals surface area contributed by atoms with Crippen LogP contribution in [0.15, 0.2) is 24.7 Å². The van der Waals surface area contributed by atoms with E-state index in [-0.39, 0.29) is 0 Å². The maximum absolute atomic E-state index is 4.57. The van der Waals surface area contributed by atoms with Gasteiger partial charge in [0.1, 0.15) is 11.6 Å². The minimum Gasteiger partial charge on any atom is -0.355 e. The van der Waals surface area contributed by atoms with Crippen LogP contribution in [-0.4, -0.2) is 33.0 Å². The molecule has 0 aliphatic carbocycles. The van der Waals surface area contributed by atoms with Crippen molar-refractivity contribution in [2.24, 2.45) is 5.92 Å². The van der Waals surface area contributed by atoms with Gasteiger partial charge in [0.05, 0.1) is 6.20 Å². The Kier molecular flexibility index (Phi) is 4.08. The fourth-order valence-electron chi connectivity index (χ4n) is 3.04. The van der Waals surface area contributed by atoms with Crippen molar-refractivity contribution < 1.29 is 0 Å². The largest absolute Gasteiger partial charge is 0.355 e. The number of piperidine rings is 1. The molecule has 0 spiro atoms. The summed E-state index contributed by atoms with van der Waals surface area (Å²) in [6.45, 7) is 6.13. The van der Waals surface area contributed by atoms with Crippen molar-refractivity contribution in [3.05, 3.63) is 41.9 Å². The van der Waals surface area contributed by atoms with Gasteiger partial charge in [0.25, 0.3) is 0 Å². The molecular formula is C16H21N5. The fourth-order valence-corrected chi connectivity index (χ4v) is 3.04. The van der Waals surface area contributed by atoms with Gasteiger partial charge in [-0.15, -0.1) is 0 Å². The Morgan fingerprint density at radius 1 is 1.19 bits per heavy atom. The normalized spacial score (nSPS) is 18.8. The zero-order chi connectivity index (χ0) is 14.7.